The third-order valence-corrected chi connectivity index (χ3v) is 4.69. The molecule has 0 heterocycles. The summed E-state index contributed by atoms with van der Waals surface area (Å²) in [4.78, 5) is 0.186. The molecular formula is C14H23ClN2O3S. The number of nitrogens with two attached hydrogens (primary N) is 1. The summed E-state index contributed by atoms with van der Waals surface area (Å²) in [6.07, 6.45) is 1.74. The second-order valence-corrected chi connectivity index (χ2v) is 7.16. The maximum absolute atomic E-state index is 12.1. The van der Waals surface area contributed by atoms with E-state index in [2.05, 4.69) is 4.72 Å². The Morgan fingerprint density at radius 1 is 1.33 bits per heavy atom. The molecule has 0 saturated carbocycles. The van der Waals surface area contributed by atoms with E-state index in [0.29, 0.717) is 23.7 Å². The van der Waals surface area contributed by atoms with E-state index < -0.39 is 10.0 Å². The molecule has 0 bridgehead atoms. The van der Waals surface area contributed by atoms with Gasteiger partial charge in [-0.3, -0.25) is 0 Å². The van der Waals surface area contributed by atoms with Gasteiger partial charge in [-0.1, -0.05) is 11.6 Å². The fourth-order valence-corrected chi connectivity index (χ4v) is 3.03. The quantitative estimate of drug-likeness (QED) is 0.679. The van der Waals surface area contributed by atoms with Crippen molar-refractivity contribution in [3.63, 3.8) is 0 Å². The van der Waals surface area contributed by atoms with Gasteiger partial charge in [-0.05, 0) is 50.5 Å². The summed E-state index contributed by atoms with van der Waals surface area (Å²) in [5, 5.41) is 0.474. The van der Waals surface area contributed by atoms with Gasteiger partial charge in [0.1, 0.15) is 0 Å². The molecule has 0 fully saturated rings. The molecule has 0 aliphatic carbocycles. The molecule has 0 aliphatic heterocycles. The Kier molecular flexibility index (Phi) is 7.62. The van der Waals surface area contributed by atoms with E-state index in [4.69, 9.17) is 22.1 Å². The molecule has 0 aliphatic rings. The lowest BCUT2D eigenvalue weighted by Gasteiger charge is -2.10. The van der Waals surface area contributed by atoms with Gasteiger partial charge >= 0.3 is 0 Å². The lowest BCUT2D eigenvalue weighted by molar-refractivity contribution is 0.0762. The smallest absolute Gasteiger partial charge is 0.240 e. The van der Waals surface area contributed by atoms with Crippen LogP contribution < -0.4 is 10.5 Å². The second-order valence-electron chi connectivity index (χ2n) is 4.98. The zero-order valence-electron chi connectivity index (χ0n) is 12.4. The monoisotopic (exact) mass is 334 g/mol. The van der Waals surface area contributed by atoms with Crippen LogP contribution in [0.25, 0.3) is 0 Å². The summed E-state index contributed by atoms with van der Waals surface area (Å²) < 4.78 is 32.2. The summed E-state index contributed by atoms with van der Waals surface area (Å²) in [6, 6.07) is 4.53. The standard InChI is InChI=1S/C14H23ClN2O3S/c1-11(2)20-8-4-3-7-17-21(18,19)13-5-6-14(15)12(9-13)10-16/h5-6,9,11,17H,3-4,7-8,10,16H2,1-2H3. The molecule has 0 unspecified atom stereocenters. The van der Waals surface area contributed by atoms with Crippen LogP contribution in [0.3, 0.4) is 0 Å². The Morgan fingerprint density at radius 2 is 2.05 bits per heavy atom. The molecule has 0 aromatic heterocycles. The maximum atomic E-state index is 12.1. The van der Waals surface area contributed by atoms with E-state index in [1.165, 1.54) is 12.1 Å². The summed E-state index contributed by atoms with van der Waals surface area (Å²) in [7, 11) is -3.52. The molecule has 5 nitrogen and oxygen atoms in total. The van der Waals surface area contributed by atoms with Gasteiger partial charge in [0.2, 0.25) is 10.0 Å². The molecule has 0 radical (unpaired) electrons. The number of rotatable bonds is 9. The van der Waals surface area contributed by atoms with Gasteiger partial charge in [-0.25, -0.2) is 13.1 Å². The number of hydrogen-bond donors (Lipinski definition) is 2. The predicted octanol–water partition coefficient (Wildman–Crippen LogP) is 2.28. The van der Waals surface area contributed by atoms with Gasteiger partial charge in [0.05, 0.1) is 11.0 Å². The normalized spacial score (nSPS) is 12.0. The highest BCUT2D eigenvalue weighted by Gasteiger charge is 2.14. The largest absolute Gasteiger partial charge is 0.379 e. The lowest BCUT2D eigenvalue weighted by Crippen LogP contribution is -2.25. The Morgan fingerprint density at radius 3 is 2.67 bits per heavy atom. The van der Waals surface area contributed by atoms with Crippen molar-refractivity contribution in [1.29, 1.82) is 0 Å². The Labute approximate surface area is 131 Å². The zero-order chi connectivity index (χ0) is 15.9. The molecule has 1 aromatic carbocycles. The van der Waals surface area contributed by atoms with Crippen molar-refractivity contribution in [2.45, 2.75) is 44.2 Å². The van der Waals surface area contributed by atoms with Gasteiger partial charge < -0.3 is 10.5 Å². The van der Waals surface area contributed by atoms with E-state index in [9.17, 15) is 8.42 Å². The first kappa shape index (κ1) is 18.4. The fraction of sp³-hybridized carbons (Fsp3) is 0.571. The van der Waals surface area contributed by atoms with Crippen LogP contribution in [0.2, 0.25) is 5.02 Å². The predicted molar refractivity (Wildman–Crippen MR) is 84.9 cm³/mol. The highest BCUT2D eigenvalue weighted by atomic mass is 35.5. The van der Waals surface area contributed by atoms with Crippen LogP contribution in [0.15, 0.2) is 23.1 Å². The summed E-state index contributed by atoms with van der Waals surface area (Å²) in [5.74, 6) is 0. The second kappa shape index (κ2) is 8.70. The van der Waals surface area contributed by atoms with Crippen LogP contribution in [-0.4, -0.2) is 27.7 Å². The van der Waals surface area contributed by atoms with E-state index in [0.717, 1.165) is 12.8 Å². The van der Waals surface area contributed by atoms with Crippen LogP contribution in [0.4, 0.5) is 0 Å². The van der Waals surface area contributed by atoms with Gasteiger partial charge in [0, 0.05) is 24.7 Å². The Balaban J connectivity index is 2.50. The number of halogens is 1. The molecule has 7 heteroatoms. The average molecular weight is 335 g/mol. The minimum atomic E-state index is -3.52. The minimum Gasteiger partial charge on any atom is -0.379 e. The van der Waals surface area contributed by atoms with Crippen molar-refractivity contribution in [1.82, 2.24) is 4.72 Å². The molecule has 120 valence electrons. The molecule has 1 aromatic rings. The third-order valence-electron chi connectivity index (χ3n) is 2.86. The first-order valence-electron chi connectivity index (χ1n) is 6.96. The van der Waals surface area contributed by atoms with Crippen molar-refractivity contribution in [3.05, 3.63) is 28.8 Å². The highest BCUT2D eigenvalue weighted by molar-refractivity contribution is 7.89. The third kappa shape index (κ3) is 6.32. The summed E-state index contributed by atoms with van der Waals surface area (Å²) in [6.45, 7) is 5.16. The van der Waals surface area contributed by atoms with Crippen LogP contribution in [0.5, 0.6) is 0 Å². The maximum Gasteiger partial charge on any atom is 0.240 e. The van der Waals surface area contributed by atoms with Crippen molar-refractivity contribution < 1.29 is 13.2 Å². The Bertz CT molecular complexity index is 547. The van der Waals surface area contributed by atoms with Crippen molar-refractivity contribution in [2.75, 3.05) is 13.2 Å². The molecule has 0 spiro atoms. The molecule has 21 heavy (non-hydrogen) atoms. The van der Waals surface area contributed by atoms with E-state index in [1.54, 1.807) is 6.07 Å². The number of benzene rings is 1. The van der Waals surface area contributed by atoms with Crippen molar-refractivity contribution >= 4 is 21.6 Å². The molecule has 0 amide bonds. The first-order valence-corrected chi connectivity index (χ1v) is 8.82. The zero-order valence-corrected chi connectivity index (χ0v) is 14.0. The van der Waals surface area contributed by atoms with Crippen LogP contribution in [0, 0.1) is 0 Å². The van der Waals surface area contributed by atoms with E-state index in [1.807, 2.05) is 13.8 Å². The summed E-state index contributed by atoms with van der Waals surface area (Å²) in [5.41, 5.74) is 6.14. The topological polar surface area (TPSA) is 81.4 Å². The Hall–Kier alpha value is -0.660. The average Bonchev–Trinajstić information content (AvgIpc) is 2.42. The first-order chi connectivity index (χ1) is 9.86. The summed E-state index contributed by atoms with van der Waals surface area (Å²) >= 11 is 5.92. The number of hydrogen-bond acceptors (Lipinski definition) is 4. The van der Waals surface area contributed by atoms with Crippen molar-refractivity contribution in [3.8, 4) is 0 Å². The van der Waals surface area contributed by atoms with Gasteiger partial charge in [-0.15, -0.1) is 0 Å². The molecule has 1 rings (SSSR count). The molecular weight excluding hydrogens is 312 g/mol. The number of sulfonamides is 1. The minimum absolute atomic E-state index is 0.186. The lowest BCUT2D eigenvalue weighted by atomic mass is 10.2. The number of unbranched alkanes of at least 4 members (excludes halogenated alkanes) is 1. The molecule has 3 N–H and O–H groups in total. The van der Waals surface area contributed by atoms with Crippen LogP contribution >= 0.6 is 11.6 Å². The van der Waals surface area contributed by atoms with Gasteiger partial charge in [0.15, 0.2) is 0 Å². The van der Waals surface area contributed by atoms with E-state index in [-0.39, 0.29) is 17.5 Å². The van der Waals surface area contributed by atoms with Crippen LogP contribution in [-0.2, 0) is 21.3 Å². The van der Waals surface area contributed by atoms with E-state index >= 15 is 0 Å². The van der Waals surface area contributed by atoms with Crippen LogP contribution in [0.1, 0.15) is 32.3 Å². The number of nitrogens with one attached hydrogen (secondary N) is 1. The highest BCUT2D eigenvalue weighted by Crippen LogP contribution is 2.19. The number of ether oxygens (including phenoxy) is 1. The molecule has 0 atom stereocenters. The van der Waals surface area contributed by atoms with Crippen molar-refractivity contribution in [2.24, 2.45) is 5.73 Å². The SMILES string of the molecule is CC(C)OCCCCNS(=O)(=O)c1ccc(Cl)c(CN)c1. The fourth-order valence-electron chi connectivity index (χ4n) is 1.71. The van der Waals surface area contributed by atoms with Gasteiger partial charge in [-0.2, -0.15) is 0 Å². The van der Waals surface area contributed by atoms with Gasteiger partial charge in [0.25, 0.3) is 0 Å². The molecule has 0 saturated heterocycles.